The number of allylic oxidation sites excluding steroid dienone is 3. The van der Waals surface area contributed by atoms with Gasteiger partial charge in [0.1, 0.15) is 0 Å². The summed E-state index contributed by atoms with van der Waals surface area (Å²) in [6, 6.07) is 7.07. The molecule has 0 aliphatic heterocycles. The normalized spacial score (nSPS) is 39.0. The molecule has 3 aliphatic rings. The van der Waals surface area contributed by atoms with Crippen molar-refractivity contribution in [3.63, 3.8) is 0 Å². The molecule has 21 heavy (non-hydrogen) atoms. The third kappa shape index (κ3) is 1.81. The quantitative estimate of drug-likeness (QED) is 0.520. The lowest BCUT2D eigenvalue weighted by Gasteiger charge is -2.47. The smallest absolute Gasteiger partial charge is 0.00821 e. The summed E-state index contributed by atoms with van der Waals surface area (Å²) in [6.45, 7) is 6.98. The largest absolute Gasteiger partial charge is 0.0879 e. The minimum atomic E-state index is 0.475. The van der Waals surface area contributed by atoms with Gasteiger partial charge in [-0.15, -0.1) is 0 Å². The highest BCUT2D eigenvalue weighted by Gasteiger charge is 2.51. The molecule has 0 heterocycles. The van der Waals surface area contributed by atoms with Gasteiger partial charge in [-0.1, -0.05) is 54.5 Å². The first-order valence-corrected chi connectivity index (χ1v) is 8.58. The predicted molar refractivity (Wildman–Crippen MR) is 90.3 cm³/mol. The van der Waals surface area contributed by atoms with E-state index >= 15 is 0 Å². The van der Waals surface area contributed by atoms with Gasteiger partial charge in [-0.05, 0) is 73.8 Å². The minimum Gasteiger partial charge on any atom is -0.0879 e. The molecule has 0 spiro atoms. The number of benzene rings is 1. The monoisotopic (exact) mass is 278 g/mol. The van der Waals surface area contributed by atoms with Crippen molar-refractivity contribution in [3.8, 4) is 0 Å². The van der Waals surface area contributed by atoms with Gasteiger partial charge in [-0.25, -0.2) is 0 Å². The molecule has 0 saturated heterocycles. The molecular weight excluding hydrogens is 252 g/mol. The molecule has 0 nitrogen and oxygen atoms in total. The van der Waals surface area contributed by atoms with Gasteiger partial charge in [-0.3, -0.25) is 0 Å². The molecule has 2 saturated carbocycles. The van der Waals surface area contributed by atoms with Gasteiger partial charge in [0.15, 0.2) is 0 Å². The molecule has 0 radical (unpaired) electrons. The third-order valence-corrected chi connectivity index (χ3v) is 6.67. The fourth-order valence-corrected chi connectivity index (χ4v) is 5.54. The summed E-state index contributed by atoms with van der Waals surface area (Å²) in [5.74, 6) is 2.38. The highest BCUT2D eigenvalue weighted by atomic mass is 14.5. The maximum Gasteiger partial charge on any atom is -0.00821 e. The summed E-state index contributed by atoms with van der Waals surface area (Å²) in [4.78, 5) is 0. The van der Waals surface area contributed by atoms with Crippen LogP contribution >= 0.6 is 0 Å². The number of hydrogen-bond donors (Lipinski definition) is 0. The first kappa shape index (κ1) is 13.4. The molecule has 0 bridgehead atoms. The van der Waals surface area contributed by atoms with E-state index in [1.165, 1.54) is 36.8 Å². The number of hydrogen-bond acceptors (Lipinski definition) is 0. The summed E-state index contributed by atoms with van der Waals surface area (Å²) >= 11 is 0. The lowest BCUT2D eigenvalue weighted by atomic mass is 9.56. The summed E-state index contributed by atoms with van der Waals surface area (Å²) < 4.78 is 0. The lowest BCUT2D eigenvalue weighted by molar-refractivity contribution is 0.121. The Morgan fingerprint density at radius 3 is 2.90 bits per heavy atom. The first-order chi connectivity index (χ1) is 10.1. The van der Waals surface area contributed by atoms with Crippen LogP contribution in [0.15, 0.2) is 35.9 Å². The Bertz CT molecular complexity index is 633. The van der Waals surface area contributed by atoms with Crippen molar-refractivity contribution in [1.29, 1.82) is 0 Å². The Morgan fingerprint density at radius 2 is 2.10 bits per heavy atom. The molecule has 110 valence electrons. The second-order valence-electron chi connectivity index (χ2n) is 7.59. The number of rotatable bonds is 0. The third-order valence-electron chi connectivity index (χ3n) is 6.67. The molecule has 1 aromatic rings. The fraction of sp³-hybridized carbons (Fsp3) is 0.524. The maximum absolute atomic E-state index is 2.55. The van der Waals surface area contributed by atoms with Crippen molar-refractivity contribution in [2.75, 3.05) is 0 Å². The number of fused-ring (bicyclic) bond motifs is 5. The second-order valence-corrected chi connectivity index (χ2v) is 7.59. The van der Waals surface area contributed by atoms with Crippen molar-refractivity contribution in [2.45, 2.75) is 52.4 Å². The SMILES string of the molecule is C/C=C1/CCC2C3C=Cc4cc(C)ccc4C3CCC12C. The van der Waals surface area contributed by atoms with Gasteiger partial charge in [0.05, 0.1) is 0 Å². The van der Waals surface area contributed by atoms with Crippen LogP contribution in [0.2, 0.25) is 0 Å². The van der Waals surface area contributed by atoms with Crippen LogP contribution in [0.25, 0.3) is 6.08 Å². The molecule has 0 aromatic heterocycles. The van der Waals surface area contributed by atoms with Gasteiger partial charge in [0, 0.05) is 0 Å². The average Bonchev–Trinajstić information content (AvgIpc) is 2.83. The highest BCUT2D eigenvalue weighted by Crippen LogP contribution is 2.61. The molecular formula is C21H26. The minimum absolute atomic E-state index is 0.475. The van der Waals surface area contributed by atoms with Crippen LogP contribution in [-0.2, 0) is 0 Å². The van der Waals surface area contributed by atoms with Crippen LogP contribution in [0.1, 0.15) is 62.1 Å². The van der Waals surface area contributed by atoms with Gasteiger partial charge in [0.25, 0.3) is 0 Å². The zero-order valence-electron chi connectivity index (χ0n) is 13.5. The lowest BCUT2D eigenvalue weighted by Crippen LogP contribution is -2.38. The zero-order chi connectivity index (χ0) is 14.6. The van der Waals surface area contributed by atoms with Crippen LogP contribution in [-0.4, -0.2) is 0 Å². The Morgan fingerprint density at radius 1 is 1.24 bits per heavy atom. The summed E-state index contributed by atoms with van der Waals surface area (Å²) in [5, 5.41) is 0. The van der Waals surface area contributed by atoms with Crippen LogP contribution in [0, 0.1) is 24.2 Å². The van der Waals surface area contributed by atoms with Crippen molar-refractivity contribution in [3.05, 3.63) is 52.6 Å². The van der Waals surface area contributed by atoms with Crippen LogP contribution in [0.4, 0.5) is 0 Å². The Hall–Kier alpha value is -1.30. The fourth-order valence-electron chi connectivity index (χ4n) is 5.54. The standard InChI is InChI=1S/C21H26/c1-4-16-7-10-20-19-9-6-15-13-14(2)5-8-17(15)18(19)11-12-21(16,20)3/h4-6,8-9,13,18-20H,7,10-12H2,1-3H3/b16-4-. The van der Waals surface area contributed by atoms with Crippen LogP contribution in [0.5, 0.6) is 0 Å². The Balaban J connectivity index is 1.75. The van der Waals surface area contributed by atoms with Crippen molar-refractivity contribution in [2.24, 2.45) is 17.3 Å². The Kier molecular flexibility index (Phi) is 2.93. The van der Waals surface area contributed by atoms with E-state index in [-0.39, 0.29) is 0 Å². The van der Waals surface area contributed by atoms with E-state index in [1.807, 2.05) is 0 Å². The van der Waals surface area contributed by atoms with Gasteiger partial charge in [-0.2, -0.15) is 0 Å². The topological polar surface area (TPSA) is 0 Å². The zero-order valence-corrected chi connectivity index (χ0v) is 13.5. The highest BCUT2D eigenvalue weighted by molar-refractivity contribution is 5.60. The predicted octanol–water partition coefficient (Wildman–Crippen LogP) is 5.88. The van der Waals surface area contributed by atoms with E-state index in [0.29, 0.717) is 5.41 Å². The van der Waals surface area contributed by atoms with E-state index in [2.05, 4.69) is 57.2 Å². The van der Waals surface area contributed by atoms with E-state index in [9.17, 15) is 0 Å². The summed E-state index contributed by atoms with van der Waals surface area (Å²) in [6.07, 6.45) is 12.8. The molecule has 0 heteroatoms. The van der Waals surface area contributed by atoms with Crippen molar-refractivity contribution < 1.29 is 0 Å². The van der Waals surface area contributed by atoms with E-state index in [4.69, 9.17) is 0 Å². The van der Waals surface area contributed by atoms with Crippen LogP contribution < -0.4 is 0 Å². The second kappa shape index (κ2) is 4.60. The Labute approximate surface area is 129 Å². The van der Waals surface area contributed by atoms with E-state index < -0.39 is 0 Å². The van der Waals surface area contributed by atoms with Gasteiger partial charge in [0.2, 0.25) is 0 Å². The van der Waals surface area contributed by atoms with E-state index in [0.717, 1.165) is 17.8 Å². The molecule has 4 unspecified atom stereocenters. The van der Waals surface area contributed by atoms with E-state index in [1.54, 1.807) is 11.1 Å². The summed E-state index contributed by atoms with van der Waals surface area (Å²) in [7, 11) is 0. The summed E-state index contributed by atoms with van der Waals surface area (Å²) in [5.41, 5.74) is 6.68. The first-order valence-electron chi connectivity index (χ1n) is 8.58. The van der Waals surface area contributed by atoms with Gasteiger partial charge >= 0.3 is 0 Å². The number of aryl methyl sites for hydroxylation is 1. The molecule has 4 atom stereocenters. The van der Waals surface area contributed by atoms with Crippen molar-refractivity contribution >= 4 is 6.08 Å². The molecule has 0 N–H and O–H groups in total. The molecule has 4 rings (SSSR count). The maximum atomic E-state index is 2.55. The van der Waals surface area contributed by atoms with Crippen LogP contribution in [0.3, 0.4) is 0 Å². The van der Waals surface area contributed by atoms with Crippen molar-refractivity contribution in [1.82, 2.24) is 0 Å². The molecule has 1 aromatic carbocycles. The average molecular weight is 278 g/mol. The van der Waals surface area contributed by atoms with Gasteiger partial charge < -0.3 is 0 Å². The molecule has 0 amide bonds. The molecule has 2 fully saturated rings. The molecule has 3 aliphatic carbocycles.